The summed E-state index contributed by atoms with van der Waals surface area (Å²) in [6, 6.07) is 23.5. The van der Waals surface area contributed by atoms with Gasteiger partial charge in [-0.2, -0.15) is 0 Å². The number of benzene rings is 3. The van der Waals surface area contributed by atoms with Crippen molar-refractivity contribution in [2.45, 2.75) is 18.0 Å². The first-order valence-corrected chi connectivity index (χ1v) is 12.0. The van der Waals surface area contributed by atoms with Gasteiger partial charge >= 0.3 is 0 Å². The fourth-order valence-corrected chi connectivity index (χ4v) is 4.64. The van der Waals surface area contributed by atoms with Crippen molar-refractivity contribution in [2.24, 2.45) is 0 Å². The molecule has 2 heterocycles. The SMILES string of the molecule is COc1ccc(-n2c(SCCCc3nc4ccccc4o3)nnc2-c2ccccc2OC)cc1. The van der Waals surface area contributed by atoms with E-state index in [2.05, 4.69) is 19.7 Å². The molecular weight excluding hydrogens is 448 g/mol. The molecule has 0 aliphatic rings. The minimum Gasteiger partial charge on any atom is -0.497 e. The summed E-state index contributed by atoms with van der Waals surface area (Å²) in [6.07, 6.45) is 1.66. The van der Waals surface area contributed by atoms with E-state index in [4.69, 9.17) is 13.9 Å². The highest BCUT2D eigenvalue weighted by Gasteiger charge is 2.19. The number of oxazole rings is 1. The molecule has 0 unspecified atom stereocenters. The molecule has 0 spiro atoms. The zero-order valence-electron chi connectivity index (χ0n) is 19.0. The van der Waals surface area contributed by atoms with Gasteiger partial charge < -0.3 is 13.9 Å². The van der Waals surface area contributed by atoms with E-state index in [1.807, 2.05) is 72.8 Å². The standard InChI is InChI=1S/C26H24N4O3S/c1-31-19-15-13-18(14-16-19)30-25(20-8-3-5-10-22(20)32-2)28-29-26(30)34-17-7-12-24-27-21-9-4-6-11-23(21)33-24/h3-6,8-11,13-16H,7,12,17H2,1-2H3. The minimum absolute atomic E-state index is 0.726. The Kier molecular flexibility index (Phi) is 6.49. The molecule has 0 saturated carbocycles. The number of hydrogen-bond donors (Lipinski definition) is 0. The van der Waals surface area contributed by atoms with Crippen LogP contribution in [-0.4, -0.2) is 39.7 Å². The molecule has 0 amide bonds. The van der Waals surface area contributed by atoms with Crippen LogP contribution in [0.25, 0.3) is 28.2 Å². The Hall–Kier alpha value is -3.78. The highest BCUT2D eigenvalue weighted by Crippen LogP contribution is 2.34. The predicted octanol–water partition coefficient (Wildman–Crippen LogP) is 5.82. The van der Waals surface area contributed by atoms with Gasteiger partial charge in [-0.3, -0.25) is 4.57 Å². The van der Waals surface area contributed by atoms with Gasteiger partial charge in [-0.25, -0.2) is 4.98 Å². The largest absolute Gasteiger partial charge is 0.497 e. The fourth-order valence-electron chi connectivity index (χ4n) is 3.75. The molecule has 7 nitrogen and oxygen atoms in total. The van der Waals surface area contributed by atoms with Crippen LogP contribution in [0.15, 0.2) is 82.4 Å². The van der Waals surface area contributed by atoms with Crippen LogP contribution in [0.1, 0.15) is 12.3 Å². The van der Waals surface area contributed by atoms with Gasteiger partial charge in [-0.15, -0.1) is 10.2 Å². The average Bonchev–Trinajstić information content (AvgIpc) is 3.50. The zero-order chi connectivity index (χ0) is 23.3. The van der Waals surface area contributed by atoms with Crippen LogP contribution in [0.3, 0.4) is 0 Å². The van der Waals surface area contributed by atoms with Crippen LogP contribution in [-0.2, 0) is 6.42 Å². The Morgan fingerprint density at radius 3 is 2.47 bits per heavy atom. The summed E-state index contributed by atoms with van der Waals surface area (Å²) in [5.74, 6) is 3.87. The third kappa shape index (κ3) is 4.49. The molecular formula is C26H24N4O3S. The minimum atomic E-state index is 0.726. The van der Waals surface area contributed by atoms with E-state index >= 15 is 0 Å². The molecule has 0 radical (unpaired) electrons. The van der Waals surface area contributed by atoms with Gasteiger partial charge in [0.05, 0.1) is 25.5 Å². The Labute approximate surface area is 201 Å². The maximum Gasteiger partial charge on any atom is 0.196 e. The molecule has 5 rings (SSSR count). The van der Waals surface area contributed by atoms with E-state index in [0.29, 0.717) is 0 Å². The van der Waals surface area contributed by atoms with Gasteiger partial charge in [0.1, 0.15) is 17.0 Å². The van der Waals surface area contributed by atoms with Crippen molar-refractivity contribution in [3.8, 4) is 28.6 Å². The Balaban J connectivity index is 1.39. The van der Waals surface area contributed by atoms with E-state index in [9.17, 15) is 0 Å². The second-order valence-electron chi connectivity index (χ2n) is 7.57. The normalized spacial score (nSPS) is 11.1. The first-order valence-electron chi connectivity index (χ1n) is 11.0. The molecule has 0 bridgehead atoms. The van der Waals surface area contributed by atoms with Crippen molar-refractivity contribution in [1.82, 2.24) is 19.7 Å². The number of rotatable bonds is 9. The summed E-state index contributed by atoms with van der Waals surface area (Å²) in [5.41, 5.74) is 3.55. The number of ether oxygens (including phenoxy) is 2. The van der Waals surface area contributed by atoms with Crippen LogP contribution in [0, 0.1) is 0 Å². The van der Waals surface area contributed by atoms with E-state index in [-0.39, 0.29) is 0 Å². The fraction of sp³-hybridized carbons (Fsp3) is 0.192. The van der Waals surface area contributed by atoms with Crippen LogP contribution in [0.5, 0.6) is 11.5 Å². The highest BCUT2D eigenvalue weighted by molar-refractivity contribution is 7.99. The van der Waals surface area contributed by atoms with E-state index in [1.165, 1.54) is 0 Å². The molecule has 0 atom stereocenters. The number of hydrogen-bond acceptors (Lipinski definition) is 7. The summed E-state index contributed by atoms with van der Waals surface area (Å²) < 4.78 is 18.8. The monoisotopic (exact) mass is 472 g/mol. The van der Waals surface area contributed by atoms with Crippen LogP contribution >= 0.6 is 11.8 Å². The van der Waals surface area contributed by atoms with Gasteiger partial charge in [-0.1, -0.05) is 36.0 Å². The topological polar surface area (TPSA) is 75.2 Å². The summed E-state index contributed by atoms with van der Waals surface area (Å²) in [4.78, 5) is 4.57. The molecule has 3 aromatic carbocycles. The lowest BCUT2D eigenvalue weighted by atomic mass is 10.2. The van der Waals surface area contributed by atoms with Crippen molar-refractivity contribution >= 4 is 22.9 Å². The molecule has 2 aromatic heterocycles. The Morgan fingerprint density at radius 2 is 1.68 bits per heavy atom. The second-order valence-corrected chi connectivity index (χ2v) is 8.63. The maximum atomic E-state index is 5.84. The van der Waals surface area contributed by atoms with Gasteiger partial charge in [0.25, 0.3) is 0 Å². The molecule has 0 N–H and O–H groups in total. The molecule has 172 valence electrons. The Morgan fingerprint density at radius 1 is 0.882 bits per heavy atom. The molecule has 0 aliphatic carbocycles. The first kappa shape index (κ1) is 22.0. The number of methoxy groups -OCH3 is 2. The van der Waals surface area contributed by atoms with Crippen LogP contribution in [0.2, 0.25) is 0 Å². The molecule has 34 heavy (non-hydrogen) atoms. The lowest BCUT2D eigenvalue weighted by molar-refractivity contribution is 0.414. The lowest BCUT2D eigenvalue weighted by Gasteiger charge is -2.13. The summed E-state index contributed by atoms with van der Waals surface area (Å²) >= 11 is 1.65. The van der Waals surface area contributed by atoms with E-state index in [1.54, 1.807) is 26.0 Å². The first-order chi connectivity index (χ1) is 16.8. The Bertz CT molecular complexity index is 1360. The van der Waals surface area contributed by atoms with Crippen molar-refractivity contribution < 1.29 is 13.9 Å². The van der Waals surface area contributed by atoms with Gasteiger partial charge in [0.2, 0.25) is 0 Å². The predicted molar refractivity (Wildman–Crippen MR) is 133 cm³/mol. The molecule has 0 saturated heterocycles. The highest BCUT2D eigenvalue weighted by atomic mass is 32.2. The zero-order valence-corrected chi connectivity index (χ0v) is 19.8. The van der Waals surface area contributed by atoms with E-state index in [0.717, 1.165) is 69.3 Å². The number of thioether (sulfide) groups is 1. The van der Waals surface area contributed by atoms with Crippen LogP contribution < -0.4 is 9.47 Å². The van der Waals surface area contributed by atoms with Crippen molar-refractivity contribution in [3.63, 3.8) is 0 Å². The maximum absolute atomic E-state index is 5.84. The third-order valence-corrected chi connectivity index (χ3v) is 6.43. The number of nitrogens with zero attached hydrogens (tertiary/aromatic N) is 4. The molecule has 8 heteroatoms. The number of fused-ring (bicyclic) bond motifs is 1. The lowest BCUT2D eigenvalue weighted by Crippen LogP contribution is -2.01. The number of aromatic nitrogens is 4. The summed E-state index contributed by atoms with van der Waals surface area (Å²) in [7, 11) is 3.32. The number of aryl methyl sites for hydroxylation is 1. The summed E-state index contributed by atoms with van der Waals surface area (Å²) in [5, 5.41) is 9.85. The molecule has 5 aromatic rings. The third-order valence-electron chi connectivity index (χ3n) is 5.42. The molecule has 0 aliphatic heterocycles. The quantitative estimate of drug-likeness (QED) is 0.198. The second kappa shape index (κ2) is 10.0. The van der Waals surface area contributed by atoms with Crippen molar-refractivity contribution in [1.29, 1.82) is 0 Å². The van der Waals surface area contributed by atoms with Crippen LogP contribution in [0.4, 0.5) is 0 Å². The van der Waals surface area contributed by atoms with Crippen molar-refractivity contribution in [2.75, 3.05) is 20.0 Å². The summed E-state index contributed by atoms with van der Waals surface area (Å²) in [6.45, 7) is 0. The van der Waals surface area contributed by atoms with E-state index < -0.39 is 0 Å². The van der Waals surface area contributed by atoms with Gasteiger partial charge in [0, 0.05) is 12.2 Å². The average molecular weight is 473 g/mol. The van der Waals surface area contributed by atoms with Gasteiger partial charge in [0.15, 0.2) is 22.5 Å². The number of para-hydroxylation sites is 3. The van der Waals surface area contributed by atoms with Crippen molar-refractivity contribution in [3.05, 3.63) is 78.7 Å². The smallest absolute Gasteiger partial charge is 0.196 e. The van der Waals surface area contributed by atoms with Gasteiger partial charge in [-0.05, 0) is 55.0 Å². The molecule has 0 fully saturated rings.